The number of carbonyl (C=O) groups excluding carboxylic acids is 1. The SMILES string of the molecule is COc1ccc(/C=N/N=C2\S/C(=C\c3ccc(F)cc3)C(=O)N2Cc2ccco2)cc1. The largest absolute Gasteiger partial charge is 0.497 e. The Hall–Kier alpha value is -3.65. The molecule has 3 aromatic rings. The zero-order valence-corrected chi connectivity index (χ0v) is 17.4. The molecular weight excluding hydrogens is 417 g/mol. The number of methoxy groups -OCH3 is 1. The average molecular weight is 435 g/mol. The molecule has 0 bridgehead atoms. The summed E-state index contributed by atoms with van der Waals surface area (Å²) in [5.41, 5.74) is 1.57. The van der Waals surface area contributed by atoms with Crippen LogP contribution < -0.4 is 4.74 Å². The first-order chi connectivity index (χ1) is 15.1. The molecule has 0 aliphatic carbocycles. The van der Waals surface area contributed by atoms with Crippen molar-refractivity contribution in [2.75, 3.05) is 7.11 Å². The molecule has 4 rings (SSSR count). The number of rotatable bonds is 6. The van der Waals surface area contributed by atoms with Crippen LogP contribution in [0.3, 0.4) is 0 Å². The molecule has 0 spiro atoms. The average Bonchev–Trinajstić information content (AvgIpc) is 3.40. The lowest BCUT2D eigenvalue weighted by Crippen LogP contribution is -2.28. The third-order valence-corrected chi connectivity index (χ3v) is 5.41. The second-order valence-corrected chi connectivity index (χ2v) is 7.54. The van der Waals surface area contributed by atoms with Gasteiger partial charge in [0.1, 0.15) is 17.3 Å². The Morgan fingerprint density at radius 1 is 1.10 bits per heavy atom. The van der Waals surface area contributed by atoms with E-state index in [0.717, 1.165) is 16.9 Å². The Labute approximate surface area is 182 Å². The summed E-state index contributed by atoms with van der Waals surface area (Å²) >= 11 is 1.21. The topological polar surface area (TPSA) is 67.4 Å². The smallest absolute Gasteiger partial charge is 0.267 e. The summed E-state index contributed by atoms with van der Waals surface area (Å²) in [7, 11) is 1.61. The van der Waals surface area contributed by atoms with Crippen molar-refractivity contribution < 1.29 is 18.3 Å². The monoisotopic (exact) mass is 435 g/mol. The van der Waals surface area contributed by atoms with E-state index in [0.29, 0.717) is 15.8 Å². The van der Waals surface area contributed by atoms with Gasteiger partial charge in [-0.1, -0.05) is 12.1 Å². The molecule has 1 fully saturated rings. The van der Waals surface area contributed by atoms with Crippen molar-refractivity contribution in [2.24, 2.45) is 10.2 Å². The van der Waals surface area contributed by atoms with Crippen LogP contribution in [0.5, 0.6) is 5.75 Å². The Morgan fingerprint density at radius 3 is 2.52 bits per heavy atom. The molecule has 0 saturated carbocycles. The van der Waals surface area contributed by atoms with Crippen molar-refractivity contribution in [1.82, 2.24) is 4.90 Å². The molecule has 1 amide bonds. The summed E-state index contributed by atoms with van der Waals surface area (Å²) in [6.45, 7) is 0.233. The predicted molar refractivity (Wildman–Crippen MR) is 119 cm³/mol. The van der Waals surface area contributed by atoms with Crippen molar-refractivity contribution in [3.05, 3.63) is 94.5 Å². The van der Waals surface area contributed by atoms with Gasteiger partial charge in [0, 0.05) is 0 Å². The summed E-state index contributed by atoms with van der Waals surface area (Å²) in [5.74, 6) is 0.829. The highest BCUT2D eigenvalue weighted by Gasteiger charge is 2.34. The molecule has 1 aliphatic rings. The molecule has 1 saturated heterocycles. The first-order valence-electron chi connectivity index (χ1n) is 9.37. The third kappa shape index (κ3) is 5.10. The molecule has 6 nitrogen and oxygen atoms in total. The maximum atomic E-state index is 13.2. The summed E-state index contributed by atoms with van der Waals surface area (Å²) < 4.78 is 23.7. The van der Waals surface area contributed by atoms with Crippen molar-refractivity contribution in [3.8, 4) is 5.75 Å². The lowest BCUT2D eigenvalue weighted by Gasteiger charge is -2.12. The van der Waals surface area contributed by atoms with Crippen LogP contribution in [0.4, 0.5) is 4.39 Å². The van der Waals surface area contributed by atoms with Crippen molar-refractivity contribution in [3.63, 3.8) is 0 Å². The highest BCUT2D eigenvalue weighted by atomic mass is 32.2. The maximum Gasteiger partial charge on any atom is 0.267 e. The van der Waals surface area contributed by atoms with E-state index in [9.17, 15) is 9.18 Å². The van der Waals surface area contributed by atoms with Crippen LogP contribution in [0.15, 0.2) is 86.5 Å². The molecule has 1 aromatic heterocycles. The van der Waals surface area contributed by atoms with Crippen LogP contribution in [-0.4, -0.2) is 29.3 Å². The second-order valence-electron chi connectivity index (χ2n) is 6.53. The van der Waals surface area contributed by atoms with E-state index in [1.54, 1.807) is 49.9 Å². The summed E-state index contributed by atoms with van der Waals surface area (Å²) in [5, 5.41) is 8.84. The summed E-state index contributed by atoms with van der Waals surface area (Å²) in [4.78, 5) is 15.0. The van der Waals surface area contributed by atoms with E-state index >= 15 is 0 Å². The lowest BCUT2D eigenvalue weighted by atomic mass is 10.2. The van der Waals surface area contributed by atoms with Crippen LogP contribution in [0.2, 0.25) is 0 Å². The van der Waals surface area contributed by atoms with Gasteiger partial charge >= 0.3 is 0 Å². The predicted octanol–water partition coefficient (Wildman–Crippen LogP) is 4.93. The molecule has 2 heterocycles. The first kappa shape index (κ1) is 20.6. The fourth-order valence-corrected chi connectivity index (χ4v) is 3.76. The van der Waals surface area contributed by atoms with Crippen LogP contribution in [-0.2, 0) is 11.3 Å². The van der Waals surface area contributed by atoms with Gasteiger partial charge in [0.25, 0.3) is 5.91 Å². The lowest BCUT2D eigenvalue weighted by molar-refractivity contribution is -0.122. The Bertz CT molecular complexity index is 1140. The van der Waals surface area contributed by atoms with E-state index in [-0.39, 0.29) is 18.3 Å². The highest BCUT2D eigenvalue weighted by molar-refractivity contribution is 8.18. The Kier molecular flexibility index (Phi) is 6.28. The van der Waals surface area contributed by atoms with Gasteiger partial charge < -0.3 is 9.15 Å². The first-order valence-corrected chi connectivity index (χ1v) is 10.2. The molecule has 2 aromatic carbocycles. The maximum absolute atomic E-state index is 13.2. The number of thioether (sulfide) groups is 1. The standard InChI is InChI=1S/C23H18FN3O3S/c1-29-19-10-6-17(7-11-19)14-25-26-23-27(15-20-3-2-12-30-20)22(28)21(31-23)13-16-4-8-18(24)9-5-16/h2-14H,15H2,1H3/b21-13-,25-14+,26-23-. The highest BCUT2D eigenvalue weighted by Crippen LogP contribution is 2.33. The zero-order chi connectivity index (χ0) is 21.6. The van der Waals surface area contributed by atoms with Gasteiger partial charge in [0.2, 0.25) is 0 Å². The molecule has 0 unspecified atom stereocenters. The van der Waals surface area contributed by atoms with Gasteiger partial charge in [-0.05, 0) is 77.5 Å². The van der Waals surface area contributed by atoms with Gasteiger partial charge in [-0.3, -0.25) is 9.69 Å². The fraction of sp³-hybridized carbons (Fsp3) is 0.0870. The fourth-order valence-electron chi connectivity index (χ4n) is 2.83. The quantitative estimate of drug-likeness (QED) is 0.313. The van der Waals surface area contributed by atoms with E-state index in [4.69, 9.17) is 9.15 Å². The molecule has 0 radical (unpaired) electrons. The normalized spacial score (nSPS) is 16.7. The van der Waals surface area contributed by atoms with Crippen LogP contribution in [0.1, 0.15) is 16.9 Å². The van der Waals surface area contributed by atoms with E-state index in [1.165, 1.54) is 28.8 Å². The van der Waals surface area contributed by atoms with Crippen LogP contribution in [0, 0.1) is 5.82 Å². The molecule has 156 valence electrons. The van der Waals surface area contributed by atoms with Crippen molar-refractivity contribution in [2.45, 2.75) is 6.54 Å². The van der Waals surface area contributed by atoms with Crippen LogP contribution in [0.25, 0.3) is 6.08 Å². The molecule has 0 atom stereocenters. The summed E-state index contributed by atoms with van der Waals surface area (Å²) in [6.07, 6.45) is 4.86. The third-order valence-electron chi connectivity index (χ3n) is 4.42. The van der Waals surface area contributed by atoms with E-state index < -0.39 is 0 Å². The second kappa shape index (κ2) is 9.44. The molecule has 0 N–H and O–H groups in total. The number of hydrogen-bond donors (Lipinski definition) is 0. The number of amides is 1. The molecule has 31 heavy (non-hydrogen) atoms. The van der Waals surface area contributed by atoms with Gasteiger partial charge in [-0.15, -0.1) is 5.10 Å². The van der Waals surface area contributed by atoms with Crippen molar-refractivity contribution >= 4 is 35.1 Å². The van der Waals surface area contributed by atoms with Gasteiger partial charge in [-0.2, -0.15) is 5.10 Å². The Morgan fingerprint density at radius 2 is 1.84 bits per heavy atom. The van der Waals surface area contributed by atoms with E-state index in [1.807, 2.05) is 24.3 Å². The molecular formula is C23H18FN3O3S. The number of carbonyl (C=O) groups is 1. The zero-order valence-electron chi connectivity index (χ0n) is 16.6. The minimum Gasteiger partial charge on any atom is -0.497 e. The van der Waals surface area contributed by atoms with Gasteiger partial charge in [0.15, 0.2) is 5.17 Å². The number of amidine groups is 1. The minimum atomic E-state index is -0.331. The number of halogens is 1. The van der Waals surface area contributed by atoms with Crippen molar-refractivity contribution in [1.29, 1.82) is 0 Å². The number of ether oxygens (including phenoxy) is 1. The van der Waals surface area contributed by atoms with Gasteiger partial charge in [0.05, 0.1) is 31.0 Å². The minimum absolute atomic E-state index is 0.218. The Balaban J connectivity index is 1.59. The summed E-state index contributed by atoms with van der Waals surface area (Å²) in [6, 6.07) is 16.9. The molecule has 8 heteroatoms. The van der Waals surface area contributed by atoms with Crippen LogP contribution >= 0.6 is 11.8 Å². The number of hydrogen-bond acceptors (Lipinski definition) is 6. The van der Waals surface area contributed by atoms with Gasteiger partial charge in [-0.25, -0.2) is 4.39 Å². The van der Waals surface area contributed by atoms with E-state index in [2.05, 4.69) is 10.2 Å². The number of nitrogens with zero attached hydrogens (tertiary/aromatic N) is 3. The number of furan rings is 1. The molecule has 1 aliphatic heterocycles. The number of benzene rings is 2.